The molecule has 1 aromatic heterocycles. The van der Waals surface area contributed by atoms with Gasteiger partial charge in [0.05, 0.1) is 17.3 Å². The quantitative estimate of drug-likeness (QED) is 0.846. The fraction of sp³-hybridized carbons (Fsp3) is 0.529. The van der Waals surface area contributed by atoms with Crippen LogP contribution in [0.1, 0.15) is 41.9 Å². The minimum atomic E-state index is -3.20. The average Bonchev–Trinajstić information content (AvgIpc) is 2.92. The molecular weight excluding hydrogens is 340 g/mol. The Labute approximate surface area is 147 Å². The first-order valence-corrected chi connectivity index (χ1v) is 10.4. The van der Waals surface area contributed by atoms with E-state index in [4.69, 9.17) is 0 Å². The van der Waals surface area contributed by atoms with Gasteiger partial charge in [0, 0.05) is 24.7 Å². The maximum absolute atomic E-state index is 13.0. The van der Waals surface area contributed by atoms with E-state index in [0.717, 1.165) is 42.4 Å². The standard InChI is InChI=1S/C17H24N4O3S/c1-12-19-15-7-6-13(11-16(15)20-12)17(22)21-10-4-3-5-14(21)8-9-18-25(2,23)24/h6-7,11,14,18H,3-5,8-10H2,1-2H3,(H,19,20)/t14-/m0/s1. The highest BCUT2D eigenvalue weighted by molar-refractivity contribution is 7.88. The molecule has 3 rings (SSSR count). The number of hydrogen-bond acceptors (Lipinski definition) is 4. The fourth-order valence-electron chi connectivity index (χ4n) is 3.42. The Balaban J connectivity index is 1.74. The van der Waals surface area contributed by atoms with Gasteiger partial charge in [0.15, 0.2) is 0 Å². The third-order valence-electron chi connectivity index (χ3n) is 4.58. The van der Waals surface area contributed by atoms with E-state index in [9.17, 15) is 13.2 Å². The molecule has 0 aliphatic carbocycles. The first-order valence-electron chi connectivity index (χ1n) is 8.55. The molecule has 25 heavy (non-hydrogen) atoms. The van der Waals surface area contributed by atoms with Crippen molar-refractivity contribution in [3.8, 4) is 0 Å². The molecular formula is C17H24N4O3S. The van der Waals surface area contributed by atoms with E-state index in [-0.39, 0.29) is 11.9 Å². The summed E-state index contributed by atoms with van der Waals surface area (Å²) in [5.41, 5.74) is 2.34. The molecule has 8 heteroatoms. The molecule has 1 aromatic carbocycles. The molecule has 0 radical (unpaired) electrons. The SMILES string of the molecule is Cc1nc2ccc(C(=O)N3CCCC[C@H]3CCNS(C)(=O)=O)cc2[nH]1. The lowest BCUT2D eigenvalue weighted by atomic mass is 9.98. The van der Waals surface area contributed by atoms with Gasteiger partial charge in [-0.3, -0.25) is 4.79 Å². The van der Waals surface area contributed by atoms with Crippen LogP contribution in [0.15, 0.2) is 18.2 Å². The number of likely N-dealkylation sites (tertiary alicyclic amines) is 1. The molecule has 0 bridgehead atoms. The normalized spacial score (nSPS) is 18.6. The minimum Gasteiger partial charge on any atom is -0.342 e. The van der Waals surface area contributed by atoms with Gasteiger partial charge in [-0.05, 0) is 50.8 Å². The number of imidazole rings is 1. The predicted octanol–water partition coefficient (Wildman–Crippen LogP) is 1.81. The second-order valence-electron chi connectivity index (χ2n) is 6.66. The molecule has 1 amide bonds. The number of fused-ring (bicyclic) bond motifs is 1. The smallest absolute Gasteiger partial charge is 0.254 e. The highest BCUT2D eigenvalue weighted by Crippen LogP contribution is 2.23. The number of carbonyl (C=O) groups is 1. The van der Waals surface area contributed by atoms with Gasteiger partial charge in [-0.1, -0.05) is 0 Å². The Bertz CT molecular complexity index is 875. The molecule has 7 nitrogen and oxygen atoms in total. The van der Waals surface area contributed by atoms with E-state index in [1.807, 2.05) is 30.0 Å². The number of H-pyrrole nitrogens is 1. The van der Waals surface area contributed by atoms with Crippen molar-refractivity contribution in [3.05, 3.63) is 29.6 Å². The minimum absolute atomic E-state index is 0.00166. The van der Waals surface area contributed by atoms with Crippen LogP contribution in [0.4, 0.5) is 0 Å². The Kier molecular flexibility index (Phi) is 5.10. The number of carbonyl (C=O) groups excluding carboxylic acids is 1. The molecule has 1 fully saturated rings. The fourth-order valence-corrected chi connectivity index (χ4v) is 3.90. The van der Waals surface area contributed by atoms with Crippen LogP contribution in [0.25, 0.3) is 11.0 Å². The third-order valence-corrected chi connectivity index (χ3v) is 5.31. The van der Waals surface area contributed by atoms with Gasteiger partial charge in [0.1, 0.15) is 5.82 Å². The first kappa shape index (κ1) is 17.9. The largest absolute Gasteiger partial charge is 0.342 e. The number of amides is 1. The molecule has 2 N–H and O–H groups in total. The van der Waals surface area contributed by atoms with Crippen molar-refractivity contribution in [1.29, 1.82) is 0 Å². The van der Waals surface area contributed by atoms with E-state index in [1.165, 1.54) is 0 Å². The zero-order chi connectivity index (χ0) is 18.0. The number of nitrogens with zero attached hydrogens (tertiary/aromatic N) is 2. The van der Waals surface area contributed by atoms with Crippen molar-refractivity contribution in [2.75, 3.05) is 19.3 Å². The molecule has 1 atom stereocenters. The number of nitrogens with one attached hydrogen (secondary N) is 2. The number of hydrogen-bond donors (Lipinski definition) is 2. The van der Waals surface area contributed by atoms with Crippen LogP contribution in [0.3, 0.4) is 0 Å². The van der Waals surface area contributed by atoms with Crippen LogP contribution >= 0.6 is 0 Å². The number of aromatic nitrogens is 2. The molecule has 2 aromatic rings. The highest BCUT2D eigenvalue weighted by atomic mass is 32.2. The topological polar surface area (TPSA) is 95.2 Å². The van der Waals surface area contributed by atoms with E-state index in [2.05, 4.69) is 14.7 Å². The van der Waals surface area contributed by atoms with Crippen LogP contribution in [-0.2, 0) is 10.0 Å². The van der Waals surface area contributed by atoms with E-state index < -0.39 is 10.0 Å². The lowest BCUT2D eigenvalue weighted by molar-refractivity contribution is 0.0604. The van der Waals surface area contributed by atoms with Gasteiger partial charge in [0.2, 0.25) is 10.0 Å². The number of piperidine rings is 1. The summed E-state index contributed by atoms with van der Waals surface area (Å²) in [5.74, 6) is 0.820. The first-order chi connectivity index (χ1) is 11.8. The molecule has 0 spiro atoms. The Morgan fingerprint density at radius 3 is 2.96 bits per heavy atom. The highest BCUT2D eigenvalue weighted by Gasteiger charge is 2.27. The lowest BCUT2D eigenvalue weighted by Crippen LogP contribution is -2.45. The average molecular weight is 364 g/mol. The monoisotopic (exact) mass is 364 g/mol. The second kappa shape index (κ2) is 7.13. The van der Waals surface area contributed by atoms with Crippen LogP contribution in [0.2, 0.25) is 0 Å². The summed E-state index contributed by atoms with van der Waals surface area (Å²) in [7, 11) is -3.20. The van der Waals surface area contributed by atoms with E-state index in [0.29, 0.717) is 25.1 Å². The lowest BCUT2D eigenvalue weighted by Gasteiger charge is -2.36. The molecule has 1 saturated heterocycles. The van der Waals surface area contributed by atoms with Crippen LogP contribution < -0.4 is 4.72 Å². The maximum Gasteiger partial charge on any atom is 0.254 e. The Hall–Kier alpha value is -1.93. The van der Waals surface area contributed by atoms with Gasteiger partial charge in [-0.15, -0.1) is 0 Å². The van der Waals surface area contributed by atoms with Gasteiger partial charge < -0.3 is 9.88 Å². The molecule has 0 unspecified atom stereocenters. The molecule has 1 aliphatic rings. The van der Waals surface area contributed by atoms with Crippen molar-refractivity contribution < 1.29 is 13.2 Å². The summed E-state index contributed by atoms with van der Waals surface area (Å²) in [6.07, 6.45) is 4.73. The number of aryl methyl sites for hydroxylation is 1. The molecule has 0 saturated carbocycles. The van der Waals surface area contributed by atoms with Crippen LogP contribution in [0.5, 0.6) is 0 Å². The third kappa shape index (κ3) is 4.38. The maximum atomic E-state index is 13.0. The van der Waals surface area contributed by atoms with Gasteiger partial charge in [-0.2, -0.15) is 0 Å². The number of rotatable bonds is 5. The summed E-state index contributed by atoms with van der Waals surface area (Å²) >= 11 is 0. The molecule has 2 heterocycles. The van der Waals surface area contributed by atoms with Crippen LogP contribution in [-0.4, -0.2) is 54.6 Å². The molecule has 1 aliphatic heterocycles. The number of aromatic amines is 1. The van der Waals surface area contributed by atoms with Gasteiger partial charge in [-0.25, -0.2) is 18.1 Å². The van der Waals surface area contributed by atoms with Crippen molar-refractivity contribution in [3.63, 3.8) is 0 Å². The Morgan fingerprint density at radius 1 is 1.40 bits per heavy atom. The zero-order valence-electron chi connectivity index (χ0n) is 14.6. The summed E-state index contributed by atoms with van der Waals surface area (Å²) in [6, 6.07) is 5.58. The predicted molar refractivity (Wildman–Crippen MR) is 97.0 cm³/mol. The van der Waals surface area contributed by atoms with E-state index in [1.54, 1.807) is 0 Å². The number of benzene rings is 1. The van der Waals surface area contributed by atoms with Crippen molar-refractivity contribution in [2.45, 2.75) is 38.6 Å². The molecule has 136 valence electrons. The van der Waals surface area contributed by atoms with Crippen molar-refractivity contribution >= 4 is 27.0 Å². The summed E-state index contributed by atoms with van der Waals surface area (Å²) < 4.78 is 25.0. The number of sulfonamides is 1. The van der Waals surface area contributed by atoms with Crippen molar-refractivity contribution in [2.24, 2.45) is 0 Å². The summed E-state index contributed by atoms with van der Waals surface area (Å²) in [6.45, 7) is 2.95. The van der Waals surface area contributed by atoms with E-state index >= 15 is 0 Å². The van der Waals surface area contributed by atoms with Gasteiger partial charge >= 0.3 is 0 Å². The van der Waals surface area contributed by atoms with Crippen LogP contribution in [0, 0.1) is 6.92 Å². The second-order valence-corrected chi connectivity index (χ2v) is 8.49. The van der Waals surface area contributed by atoms with Crippen molar-refractivity contribution in [1.82, 2.24) is 19.6 Å². The summed E-state index contributed by atoms with van der Waals surface area (Å²) in [5, 5.41) is 0. The van der Waals surface area contributed by atoms with Gasteiger partial charge in [0.25, 0.3) is 5.91 Å². The zero-order valence-corrected chi connectivity index (χ0v) is 15.4. The Morgan fingerprint density at radius 2 is 2.20 bits per heavy atom. The summed E-state index contributed by atoms with van der Waals surface area (Å²) in [4.78, 5) is 22.4.